The highest BCUT2D eigenvalue weighted by molar-refractivity contribution is 6.57. The quantitative estimate of drug-likeness (QED) is 0.665. The fourth-order valence-electron chi connectivity index (χ4n) is 0.522. The summed E-state index contributed by atoms with van der Waals surface area (Å²) in [4.78, 5) is 10.5. The van der Waals surface area contributed by atoms with Gasteiger partial charge in [-0.25, -0.2) is 0 Å². The molecule has 0 aliphatic carbocycles. The maximum atomic E-state index is 10.5. The van der Waals surface area contributed by atoms with E-state index in [1.54, 1.807) is 0 Å². The summed E-state index contributed by atoms with van der Waals surface area (Å²) in [7, 11) is 0. The summed E-state index contributed by atoms with van der Waals surface area (Å²) in [6, 6.07) is 0. The van der Waals surface area contributed by atoms with Gasteiger partial charge < -0.3 is 5.73 Å². The summed E-state index contributed by atoms with van der Waals surface area (Å²) in [6.07, 6.45) is 2.20. The maximum Gasteiger partial charge on any atom is 0.253 e. The first-order chi connectivity index (χ1) is 4.50. The largest absolute Gasteiger partial charge is 0.367 e. The number of alkyl halides is 2. The van der Waals surface area contributed by atoms with E-state index >= 15 is 0 Å². The molecule has 0 atom stereocenters. The zero-order valence-electron chi connectivity index (χ0n) is 5.86. The third-order valence-corrected chi connectivity index (χ3v) is 1.96. The molecule has 2 nitrogen and oxygen atoms in total. The van der Waals surface area contributed by atoms with Gasteiger partial charge in [0.05, 0.1) is 0 Å². The third kappa shape index (κ3) is 3.28. The Kier molecular flexibility index (Phi) is 4.06. The average Bonchev–Trinajstić information content (AvgIpc) is 1.84. The normalized spacial score (nSPS) is 11.5. The Morgan fingerprint density at radius 3 is 2.40 bits per heavy atom. The predicted octanol–water partition coefficient (Wildman–Crippen LogP) is 1.84. The SMILES string of the molecule is CCCCC(Cl)(Cl)C(N)=O. The van der Waals surface area contributed by atoms with Crippen LogP contribution in [0.15, 0.2) is 0 Å². The van der Waals surface area contributed by atoms with E-state index in [1.165, 1.54) is 0 Å². The molecule has 0 bridgehead atoms. The van der Waals surface area contributed by atoms with Gasteiger partial charge in [-0.1, -0.05) is 43.0 Å². The van der Waals surface area contributed by atoms with Crippen molar-refractivity contribution in [2.24, 2.45) is 5.73 Å². The molecule has 60 valence electrons. The minimum atomic E-state index is -1.37. The second-order valence-corrected chi connectivity index (χ2v) is 3.66. The number of amides is 1. The standard InChI is InChI=1S/C6H11Cl2NO/c1-2-3-4-6(7,8)5(9)10/h2-4H2,1H3,(H2,9,10). The number of primary amides is 1. The Labute approximate surface area is 70.7 Å². The highest BCUT2D eigenvalue weighted by Gasteiger charge is 2.29. The van der Waals surface area contributed by atoms with Gasteiger partial charge in [0.1, 0.15) is 0 Å². The van der Waals surface area contributed by atoms with Gasteiger partial charge in [-0.2, -0.15) is 0 Å². The third-order valence-electron chi connectivity index (χ3n) is 1.20. The van der Waals surface area contributed by atoms with Crippen molar-refractivity contribution >= 4 is 29.1 Å². The molecular formula is C6H11Cl2NO. The van der Waals surface area contributed by atoms with Crippen LogP contribution in [-0.4, -0.2) is 10.2 Å². The molecule has 0 unspecified atom stereocenters. The van der Waals surface area contributed by atoms with Crippen molar-refractivity contribution in [3.8, 4) is 0 Å². The Balaban J connectivity index is 3.75. The number of carbonyl (C=O) groups is 1. The maximum absolute atomic E-state index is 10.5. The van der Waals surface area contributed by atoms with Crippen molar-refractivity contribution in [1.82, 2.24) is 0 Å². The van der Waals surface area contributed by atoms with Crippen LogP contribution in [0.5, 0.6) is 0 Å². The van der Waals surface area contributed by atoms with Crippen molar-refractivity contribution < 1.29 is 4.79 Å². The lowest BCUT2D eigenvalue weighted by Crippen LogP contribution is -2.33. The number of hydrogen-bond acceptors (Lipinski definition) is 1. The number of hydrogen-bond donors (Lipinski definition) is 1. The van der Waals surface area contributed by atoms with E-state index < -0.39 is 10.2 Å². The monoisotopic (exact) mass is 183 g/mol. The molecule has 0 fully saturated rings. The summed E-state index contributed by atoms with van der Waals surface area (Å²) >= 11 is 11.1. The molecule has 0 saturated heterocycles. The Morgan fingerprint density at radius 2 is 2.10 bits per heavy atom. The minimum absolute atomic E-state index is 0.432. The van der Waals surface area contributed by atoms with Crippen LogP contribution in [0.25, 0.3) is 0 Å². The van der Waals surface area contributed by atoms with Gasteiger partial charge in [0.2, 0.25) is 0 Å². The molecule has 10 heavy (non-hydrogen) atoms. The van der Waals surface area contributed by atoms with Crippen LogP contribution in [0.2, 0.25) is 0 Å². The van der Waals surface area contributed by atoms with Crippen LogP contribution in [0, 0.1) is 0 Å². The van der Waals surface area contributed by atoms with Gasteiger partial charge in [0.15, 0.2) is 4.33 Å². The number of rotatable bonds is 4. The van der Waals surface area contributed by atoms with Gasteiger partial charge >= 0.3 is 0 Å². The molecular weight excluding hydrogens is 173 g/mol. The topological polar surface area (TPSA) is 43.1 Å². The van der Waals surface area contributed by atoms with Crippen molar-refractivity contribution in [3.63, 3.8) is 0 Å². The van der Waals surface area contributed by atoms with Crippen LogP contribution in [0.3, 0.4) is 0 Å². The Hall–Kier alpha value is 0.0500. The lowest BCUT2D eigenvalue weighted by molar-refractivity contribution is -0.118. The molecule has 4 heteroatoms. The summed E-state index contributed by atoms with van der Waals surface area (Å²) in [5, 5.41) is 0. The van der Waals surface area contributed by atoms with E-state index in [4.69, 9.17) is 28.9 Å². The molecule has 0 aromatic heterocycles. The van der Waals surface area contributed by atoms with Crippen LogP contribution in [0.4, 0.5) is 0 Å². The van der Waals surface area contributed by atoms with E-state index in [2.05, 4.69) is 0 Å². The smallest absolute Gasteiger partial charge is 0.253 e. The molecule has 0 aromatic rings. The molecule has 0 saturated carbocycles. The molecule has 0 aromatic carbocycles. The van der Waals surface area contributed by atoms with E-state index in [1.807, 2.05) is 6.92 Å². The molecule has 0 radical (unpaired) electrons. The lowest BCUT2D eigenvalue weighted by atomic mass is 10.2. The first-order valence-electron chi connectivity index (χ1n) is 3.18. The Morgan fingerprint density at radius 1 is 1.60 bits per heavy atom. The van der Waals surface area contributed by atoms with Crippen LogP contribution >= 0.6 is 23.2 Å². The predicted molar refractivity (Wildman–Crippen MR) is 43.2 cm³/mol. The van der Waals surface area contributed by atoms with Gasteiger partial charge in [0.25, 0.3) is 5.91 Å². The fraction of sp³-hybridized carbons (Fsp3) is 0.833. The molecule has 0 rings (SSSR count). The summed E-state index contributed by atoms with van der Waals surface area (Å²) in [5.74, 6) is -0.663. The van der Waals surface area contributed by atoms with E-state index in [0.29, 0.717) is 6.42 Å². The number of unbranched alkanes of at least 4 members (excludes halogenated alkanes) is 1. The summed E-state index contributed by atoms with van der Waals surface area (Å²) in [5.41, 5.74) is 4.91. The van der Waals surface area contributed by atoms with Crippen molar-refractivity contribution in [2.75, 3.05) is 0 Å². The number of carbonyl (C=O) groups excluding carboxylic acids is 1. The second-order valence-electron chi connectivity index (χ2n) is 2.17. The van der Waals surface area contributed by atoms with Gasteiger partial charge in [-0.05, 0) is 6.42 Å². The minimum Gasteiger partial charge on any atom is -0.367 e. The fourth-order valence-corrected chi connectivity index (χ4v) is 0.789. The number of nitrogens with two attached hydrogens (primary N) is 1. The van der Waals surface area contributed by atoms with E-state index in [-0.39, 0.29) is 0 Å². The first-order valence-corrected chi connectivity index (χ1v) is 3.94. The molecule has 2 N–H and O–H groups in total. The van der Waals surface area contributed by atoms with Crippen molar-refractivity contribution in [3.05, 3.63) is 0 Å². The second kappa shape index (κ2) is 4.04. The summed E-state index contributed by atoms with van der Waals surface area (Å²) < 4.78 is -1.37. The van der Waals surface area contributed by atoms with Crippen LogP contribution in [0.1, 0.15) is 26.2 Å². The Bertz CT molecular complexity index is 125. The molecule has 1 amide bonds. The molecule has 0 aliphatic rings. The van der Waals surface area contributed by atoms with E-state index in [0.717, 1.165) is 12.8 Å². The zero-order chi connectivity index (χ0) is 8.20. The molecule has 0 aliphatic heterocycles. The van der Waals surface area contributed by atoms with E-state index in [9.17, 15) is 4.79 Å². The highest BCUT2D eigenvalue weighted by Crippen LogP contribution is 2.26. The van der Waals surface area contributed by atoms with Gasteiger partial charge in [-0.15, -0.1) is 0 Å². The molecule has 0 heterocycles. The molecule has 0 spiro atoms. The van der Waals surface area contributed by atoms with Gasteiger partial charge in [-0.3, -0.25) is 4.79 Å². The van der Waals surface area contributed by atoms with Crippen molar-refractivity contribution in [2.45, 2.75) is 30.5 Å². The number of halogens is 2. The highest BCUT2D eigenvalue weighted by atomic mass is 35.5. The van der Waals surface area contributed by atoms with Crippen molar-refractivity contribution in [1.29, 1.82) is 0 Å². The zero-order valence-corrected chi connectivity index (χ0v) is 7.37. The average molecular weight is 184 g/mol. The summed E-state index contributed by atoms with van der Waals surface area (Å²) in [6.45, 7) is 1.99. The van der Waals surface area contributed by atoms with Gasteiger partial charge in [0, 0.05) is 0 Å². The first kappa shape index (κ1) is 10.0. The van der Waals surface area contributed by atoms with Crippen LogP contribution in [-0.2, 0) is 4.79 Å². The lowest BCUT2D eigenvalue weighted by Gasteiger charge is -2.13. The van der Waals surface area contributed by atoms with Crippen LogP contribution < -0.4 is 5.73 Å².